The van der Waals surface area contributed by atoms with Gasteiger partial charge in [-0.05, 0) is 56.8 Å². The molecule has 1 aliphatic rings. The lowest BCUT2D eigenvalue weighted by molar-refractivity contribution is 0.0941. The van der Waals surface area contributed by atoms with Crippen LogP contribution in [0.5, 0.6) is 0 Å². The molecule has 8 heteroatoms. The average molecular weight is 464 g/mol. The highest BCUT2D eigenvalue weighted by Crippen LogP contribution is 2.26. The number of amides is 1. The van der Waals surface area contributed by atoms with Crippen molar-refractivity contribution in [2.24, 2.45) is 0 Å². The van der Waals surface area contributed by atoms with Gasteiger partial charge in [0.05, 0.1) is 10.9 Å². The van der Waals surface area contributed by atoms with Crippen LogP contribution < -0.4 is 5.32 Å². The van der Waals surface area contributed by atoms with Crippen molar-refractivity contribution in [2.75, 3.05) is 33.7 Å². The maximum absolute atomic E-state index is 13.1. The summed E-state index contributed by atoms with van der Waals surface area (Å²) in [4.78, 5) is 15.0. The molecule has 1 fully saturated rings. The minimum absolute atomic E-state index is 0.110. The van der Waals surface area contributed by atoms with Gasteiger partial charge in [-0.1, -0.05) is 48.7 Å². The van der Waals surface area contributed by atoms with E-state index in [1.54, 1.807) is 18.2 Å². The van der Waals surface area contributed by atoms with Crippen LogP contribution in [-0.4, -0.2) is 57.3 Å². The Hall–Kier alpha value is -1.93. The fourth-order valence-corrected chi connectivity index (χ4v) is 5.66. The second kappa shape index (κ2) is 10.6. The zero-order chi connectivity index (χ0) is 22.4. The lowest BCUT2D eigenvalue weighted by Gasteiger charge is -2.26. The third kappa shape index (κ3) is 5.86. The van der Waals surface area contributed by atoms with Crippen molar-refractivity contribution in [1.29, 1.82) is 0 Å². The molecule has 1 heterocycles. The van der Waals surface area contributed by atoms with Crippen LogP contribution >= 0.6 is 11.6 Å². The van der Waals surface area contributed by atoms with Gasteiger partial charge >= 0.3 is 0 Å². The third-order valence-electron chi connectivity index (χ3n) is 5.64. The maximum atomic E-state index is 13.1. The third-order valence-corrected chi connectivity index (χ3v) is 7.88. The standard InChI is InChI=1S/C23H30ClN3O3S/c1-26(2)22(20-12-5-6-13-21(20)24)17-25-23(28)18-10-9-11-19(16-18)31(29,30)27-14-7-3-4-8-15-27/h5-6,9-13,16,22H,3-4,7-8,14-15,17H2,1-2H3,(H,25,28). The summed E-state index contributed by atoms with van der Waals surface area (Å²) in [6, 6.07) is 13.7. The van der Waals surface area contributed by atoms with Crippen LogP contribution in [0.25, 0.3) is 0 Å². The summed E-state index contributed by atoms with van der Waals surface area (Å²) in [7, 11) is 0.243. The van der Waals surface area contributed by atoms with Crippen molar-refractivity contribution in [2.45, 2.75) is 36.6 Å². The molecule has 0 radical (unpaired) electrons. The van der Waals surface area contributed by atoms with Crippen molar-refractivity contribution in [1.82, 2.24) is 14.5 Å². The van der Waals surface area contributed by atoms with Crippen molar-refractivity contribution in [3.8, 4) is 0 Å². The zero-order valence-corrected chi connectivity index (χ0v) is 19.6. The Morgan fingerprint density at radius 1 is 1.06 bits per heavy atom. The van der Waals surface area contributed by atoms with Crippen LogP contribution in [0.2, 0.25) is 5.02 Å². The van der Waals surface area contributed by atoms with Crippen molar-refractivity contribution in [3.05, 3.63) is 64.7 Å². The van der Waals surface area contributed by atoms with Gasteiger partial charge in [-0.25, -0.2) is 8.42 Å². The number of sulfonamides is 1. The summed E-state index contributed by atoms with van der Waals surface area (Å²) >= 11 is 6.34. The Balaban J connectivity index is 1.74. The van der Waals surface area contributed by atoms with E-state index in [0.717, 1.165) is 31.2 Å². The Labute approximate surface area is 190 Å². The smallest absolute Gasteiger partial charge is 0.251 e. The second-order valence-electron chi connectivity index (χ2n) is 8.06. The molecular formula is C23H30ClN3O3S. The molecule has 0 spiro atoms. The monoisotopic (exact) mass is 463 g/mol. The summed E-state index contributed by atoms with van der Waals surface area (Å²) in [5.74, 6) is -0.313. The molecule has 31 heavy (non-hydrogen) atoms. The Bertz CT molecular complexity index is 1000. The molecule has 1 amide bonds. The molecule has 168 valence electrons. The van der Waals surface area contributed by atoms with Crippen LogP contribution in [-0.2, 0) is 10.0 Å². The number of carbonyl (C=O) groups excluding carboxylic acids is 1. The summed E-state index contributed by atoms with van der Waals surface area (Å²) in [5.41, 5.74) is 1.25. The number of nitrogens with zero attached hydrogens (tertiary/aromatic N) is 2. The number of carbonyl (C=O) groups is 1. The van der Waals surface area contributed by atoms with Gasteiger partial charge in [0.25, 0.3) is 5.91 Å². The number of hydrogen-bond acceptors (Lipinski definition) is 4. The molecule has 6 nitrogen and oxygen atoms in total. The lowest BCUT2D eigenvalue weighted by atomic mass is 10.1. The van der Waals surface area contributed by atoms with Crippen LogP contribution in [0, 0.1) is 0 Å². The molecule has 3 rings (SSSR count). The fourth-order valence-electron chi connectivity index (χ4n) is 3.84. The molecule has 2 aromatic rings. The van der Waals surface area contributed by atoms with E-state index in [4.69, 9.17) is 11.6 Å². The second-order valence-corrected chi connectivity index (χ2v) is 10.4. The summed E-state index contributed by atoms with van der Waals surface area (Å²) in [6.07, 6.45) is 3.83. The van der Waals surface area contributed by atoms with E-state index in [1.807, 2.05) is 43.3 Å². The van der Waals surface area contributed by atoms with Crippen LogP contribution in [0.4, 0.5) is 0 Å². The van der Waals surface area contributed by atoms with Gasteiger partial charge in [0.15, 0.2) is 0 Å². The molecule has 1 saturated heterocycles. The summed E-state index contributed by atoms with van der Waals surface area (Å²) in [6.45, 7) is 1.40. The van der Waals surface area contributed by atoms with Crippen molar-refractivity contribution in [3.63, 3.8) is 0 Å². The summed E-state index contributed by atoms with van der Waals surface area (Å²) in [5, 5.41) is 3.57. The Morgan fingerprint density at radius 3 is 2.39 bits per heavy atom. The van der Waals surface area contributed by atoms with Crippen molar-refractivity contribution >= 4 is 27.5 Å². The molecule has 2 aromatic carbocycles. The largest absolute Gasteiger partial charge is 0.350 e. The quantitative estimate of drug-likeness (QED) is 0.675. The molecule has 1 atom stereocenters. The first-order valence-corrected chi connectivity index (χ1v) is 12.4. The Kier molecular flexibility index (Phi) is 8.11. The highest BCUT2D eigenvalue weighted by Gasteiger charge is 2.26. The first-order chi connectivity index (χ1) is 14.8. The van der Waals surface area contributed by atoms with Crippen LogP contribution in [0.3, 0.4) is 0 Å². The van der Waals surface area contributed by atoms with E-state index in [9.17, 15) is 13.2 Å². The number of halogens is 1. The van der Waals surface area contributed by atoms with E-state index >= 15 is 0 Å². The van der Waals surface area contributed by atoms with Gasteiger partial charge in [0, 0.05) is 30.2 Å². The average Bonchev–Trinajstić information content (AvgIpc) is 3.05. The number of likely N-dealkylation sites (N-methyl/N-ethyl adjacent to an activating group) is 1. The number of benzene rings is 2. The predicted molar refractivity (Wildman–Crippen MR) is 124 cm³/mol. The highest BCUT2D eigenvalue weighted by molar-refractivity contribution is 7.89. The van der Waals surface area contributed by atoms with Gasteiger partial charge in [0.2, 0.25) is 10.0 Å². The van der Waals surface area contributed by atoms with Gasteiger partial charge in [-0.2, -0.15) is 4.31 Å². The maximum Gasteiger partial charge on any atom is 0.251 e. The summed E-state index contributed by atoms with van der Waals surface area (Å²) < 4.78 is 27.7. The fraction of sp³-hybridized carbons (Fsp3) is 0.435. The Morgan fingerprint density at radius 2 is 1.74 bits per heavy atom. The SMILES string of the molecule is CN(C)C(CNC(=O)c1cccc(S(=O)(=O)N2CCCCCC2)c1)c1ccccc1Cl. The normalized spacial score (nSPS) is 16.6. The van der Waals surface area contributed by atoms with Crippen LogP contribution in [0.15, 0.2) is 53.4 Å². The van der Waals surface area contributed by atoms with Gasteiger partial charge < -0.3 is 10.2 Å². The van der Waals surface area contributed by atoms with E-state index in [0.29, 0.717) is 30.2 Å². The highest BCUT2D eigenvalue weighted by atomic mass is 35.5. The lowest BCUT2D eigenvalue weighted by Crippen LogP contribution is -2.35. The van der Waals surface area contributed by atoms with Gasteiger partial charge in [-0.3, -0.25) is 4.79 Å². The molecule has 0 bridgehead atoms. The van der Waals surface area contributed by atoms with E-state index < -0.39 is 10.0 Å². The van der Waals surface area contributed by atoms with Gasteiger partial charge in [-0.15, -0.1) is 0 Å². The zero-order valence-electron chi connectivity index (χ0n) is 18.1. The first kappa shape index (κ1) is 23.7. The molecule has 0 aromatic heterocycles. The van der Waals surface area contributed by atoms with E-state index in [1.165, 1.54) is 10.4 Å². The van der Waals surface area contributed by atoms with Crippen LogP contribution in [0.1, 0.15) is 47.6 Å². The van der Waals surface area contributed by atoms with Crippen molar-refractivity contribution < 1.29 is 13.2 Å². The molecule has 1 unspecified atom stereocenters. The molecule has 0 saturated carbocycles. The number of nitrogens with one attached hydrogen (secondary N) is 1. The molecule has 0 aliphatic carbocycles. The number of rotatable bonds is 7. The van der Waals surface area contributed by atoms with Gasteiger partial charge in [0.1, 0.15) is 0 Å². The predicted octanol–water partition coefficient (Wildman–Crippen LogP) is 3.94. The molecule has 1 aliphatic heterocycles. The minimum atomic E-state index is -3.61. The molecular weight excluding hydrogens is 434 g/mol. The van der Waals surface area contributed by atoms with E-state index in [2.05, 4.69) is 5.32 Å². The van der Waals surface area contributed by atoms with E-state index in [-0.39, 0.29) is 16.8 Å². The molecule has 1 N–H and O–H groups in total. The number of hydrogen-bond donors (Lipinski definition) is 1. The minimum Gasteiger partial charge on any atom is -0.350 e. The topological polar surface area (TPSA) is 69.7 Å². The first-order valence-electron chi connectivity index (χ1n) is 10.6.